The van der Waals surface area contributed by atoms with Gasteiger partial charge in [0.05, 0.1) is 0 Å². The normalized spacial score (nSPS) is 20.4. The highest BCUT2D eigenvalue weighted by Gasteiger charge is 2.34. The lowest BCUT2D eigenvalue weighted by atomic mass is 10.2. The Morgan fingerprint density at radius 2 is 2.14 bits per heavy atom. The predicted octanol–water partition coefficient (Wildman–Crippen LogP) is 2.33. The number of alkyl halides is 3. The fourth-order valence-corrected chi connectivity index (χ4v) is 2.71. The van der Waals surface area contributed by atoms with E-state index in [1.807, 2.05) is 7.05 Å². The van der Waals surface area contributed by atoms with E-state index < -0.39 is 12.0 Å². The van der Waals surface area contributed by atoms with Gasteiger partial charge in [-0.3, -0.25) is 0 Å². The van der Waals surface area contributed by atoms with E-state index in [0.717, 1.165) is 18.7 Å². The number of rotatable bonds is 4. The molecule has 7 heteroatoms. The van der Waals surface area contributed by atoms with Gasteiger partial charge in [0.2, 0.25) is 5.82 Å². The quantitative estimate of drug-likeness (QED) is 0.854. The molecule has 0 amide bonds. The Bertz CT molecular complexity index is 490. The van der Waals surface area contributed by atoms with E-state index in [9.17, 15) is 13.2 Å². The molecule has 1 aliphatic heterocycles. The molecule has 0 N–H and O–H groups in total. The van der Waals surface area contributed by atoms with E-state index in [1.165, 1.54) is 19.0 Å². The van der Waals surface area contributed by atoms with Gasteiger partial charge in [-0.2, -0.15) is 13.2 Å². The number of likely N-dealkylation sites (N-methyl/N-ethyl adjacent to an activating group) is 2. The van der Waals surface area contributed by atoms with Gasteiger partial charge < -0.3 is 9.80 Å². The molecule has 0 spiro atoms. The fourth-order valence-electron chi connectivity index (χ4n) is 2.71. The number of aryl methyl sites for hydroxylation is 1. The van der Waals surface area contributed by atoms with Gasteiger partial charge in [-0.25, -0.2) is 9.97 Å². The smallest absolute Gasteiger partial charge is 0.302 e. The van der Waals surface area contributed by atoms with Crippen LogP contribution in [0.15, 0.2) is 6.20 Å². The number of aromatic nitrogens is 2. The van der Waals surface area contributed by atoms with Gasteiger partial charge in [-0.05, 0) is 40.4 Å². The Kier molecular flexibility index (Phi) is 4.83. The summed E-state index contributed by atoms with van der Waals surface area (Å²) in [5, 5.41) is 0. The highest BCUT2D eigenvalue weighted by Crippen LogP contribution is 2.26. The molecule has 1 saturated heterocycles. The van der Waals surface area contributed by atoms with Crippen LogP contribution in [0.5, 0.6) is 0 Å². The zero-order valence-corrected chi connectivity index (χ0v) is 12.6. The molecule has 2 rings (SSSR count). The van der Waals surface area contributed by atoms with Crippen molar-refractivity contribution in [1.29, 1.82) is 0 Å². The molecular weight excluding hydrogens is 281 g/mol. The first kappa shape index (κ1) is 16.2. The lowest BCUT2D eigenvalue weighted by Gasteiger charge is -2.26. The summed E-state index contributed by atoms with van der Waals surface area (Å²) in [5.74, 6) is -1.07. The van der Waals surface area contributed by atoms with Crippen LogP contribution in [0.1, 0.15) is 29.9 Å². The van der Waals surface area contributed by atoms with Gasteiger partial charge in [0.25, 0.3) is 0 Å². The fraction of sp³-hybridized carbons (Fsp3) is 0.714. The summed E-state index contributed by atoms with van der Waals surface area (Å²) in [4.78, 5) is 11.5. The first-order valence-electron chi connectivity index (χ1n) is 7.06. The molecule has 0 radical (unpaired) electrons. The predicted molar refractivity (Wildman–Crippen MR) is 73.8 cm³/mol. The van der Waals surface area contributed by atoms with E-state index in [4.69, 9.17) is 0 Å². The molecular formula is C14H21F3N4. The second-order valence-electron chi connectivity index (χ2n) is 5.78. The van der Waals surface area contributed by atoms with Gasteiger partial charge >= 0.3 is 6.18 Å². The molecule has 1 aromatic rings. The maximum Gasteiger partial charge on any atom is 0.451 e. The molecule has 1 aliphatic rings. The van der Waals surface area contributed by atoms with Crippen molar-refractivity contribution in [3.8, 4) is 0 Å². The van der Waals surface area contributed by atoms with Gasteiger partial charge in [0.1, 0.15) is 0 Å². The Labute approximate surface area is 123 Å². The van der Waals surface area contributed by atoms with Crippen molar-refractivity contribution in [2.24, 2.45) is 0 Å². The summed E-state index contributed by atoms with van der Waals surface area (Å²) in [7, 11) is 4.08. The number of nitrogens with zero attached hydrogens (tertiary/aromatic N) is 4. The van der Waals surface area contributed by atoms with Crippen molar-refractivity contribution in [2.45, 2.75) is 38.5 Å². The zero-order chi connectivity index (χ0) is 15.6. The monoisotopic (exact) mass is 302 g/mol. The average Bonchev–Trinajstić information content (AvgIpc) is 2.76. The third-order valence-electron chi connectivity index (χ3n) is 3.97. The van der Waals surface area contributed by atoms with Crippen LogP contribution in [0.4, 0.5) is 13.2 Å². The van der Waals surface area contributed by atoms with Crippen molar-refractivity contribution >= 4 is 0 Å². The minimum absolute atomic E-state index is 0.393. The Hall–Kier alpha value is -1.21. The van der Waals surface area contributed by atoms with Crippen LogP contribution in [-0.4, -0.2) is 53.0 Å². The van der Waals surface area contributed by atoms with Crippen molar-refractivity contribution in [3.63, 3.8) is 0 Å². The summed E-state index contributed by atoms with van der Waals surface area (Å²) in [5.41, 5.74) is 1.13. The van der Waals surface area contributed by atoms with Crippen LogP contribution >= 0.6 is 0 Å². The molecule has 0 aliphatic carbocycles. The third-order valence-corrected chi connectivity index (χ3v) is 3.97. The third kappa shape index (κ3) is 4.14. The molecule has 1 atom stereocenters. The Morgan fingerprint density at radius 3 is 2.67 bits per heavy atom. The highest BCUT2D eigenvalue weighted by molar-refractivity contribution is 5.16. The van der Waals surface area contributed by atoms with Crippen molar-refractivity contribution in [2.75, 3.05) is 27.2 Å². The topological polar surface area (TPSA) is 32.3 Å². The Balaban J connectivity index is 1.99. The summed E-state index contributed by atoms with van der Waals surface area (Å²) in [6.07, 6.45) is -0.817. The molecule has 0 aromatic carbocycles. The molecule has 118 valence electrons. The minimum atomic E-state index is -4.48. The van der Waals surface area contributed by atoms with Gasteiger partial charge in [0, 0.05) is 36.6 Å². The molecule has 1 aromatic heterocycles. The van der Waals surface area contributed by atoms with Crippen LogP contribution in [0.25, 0.3) is 0 Å². The summed E-state index contributed by atoms with van der Waals surface area (Å²) < 4.78 is 37.6. The molecule has 0 unspecified atom stereocenters. The maximum absolute atomic E-state index is 12.5. The van der Waals surface area contributed by atoms with Crippen LogP contribution in [0.3, 0.4) is 0 Å². The average molecular weight is 302 g/mol. The maximum atomic E-state index is 12.5. The van der Waals surface area contributed by atoms with Gasteiger partial charge in [-0.15, -0.1) is 0 Å². The minimum Gasteiger partial charge on any atom is -0.302 e. The van der Waals surface area contributed by atoms with Crippen LogP contribution < -0.4 is 0 Å². The van der Waals surface area contributed by atoms with Crippen LogP contribution in [0, 0.1) is 6.92 Å². The number of hydrogen-bond donors (Lipinski definition) is 0. The second kappa shape index (κ2) is 6.27. The molecule has 21 heavy (non-hydrogen) atoms. The number of halogens is 3. The lowest BCUT2D eigenvalue weighted by molar-refractivity contribution is -0.145. The van der Waals surface area contributed by atoms with Crippen molar-refractivity contribution in [1.82, 2.24) is 19.8 Å². The standard InChI is InChI=1S/C14H21F3N4/c1-10-11(7-18-13(19-10)14(15,16)17)8-20(2)9-12-5-4-6-21(12)3/h7,12H,4-6,8-9H2,1-3H3/t12-/m0/s1. The van der Waals surface area contributed by atoms with E-state index in [0.29, 0.717) is 18.3 Å². The summed E-state index contributed by atoms with van der Waals surface area (Å²) in [6.45, 7) is 4.17. The molecule has 1 fully saturated rings. The molecule has 2 heterocycles. The molecule has 4 nitrogen and oxygen atoms in total. The number of likely N-dealkylation sites (tertiary alicyclic amines) is 1. The van der Waals surface area contributed by atoms with Crippen molar-refractivity contribution < 1.29 is 13.2 Å². The molecule has 0 bridgehead atoms. The number of hydrogen-bond acceptors (Lipinski definition) is 4. The largest absolute Gasteiger partial charge is 0.451 e. The van der Waals surface area contributed by atoms with E-state index in [-0.39, 0.29) is 0 Å². The summed E-state index contributed by atoms with van der Waals surface area (Å²) in [6, 6.07) is 0.519. The molecule has 0 saturated carbocycles. The first-order chi connectivity index (χ1) is 9.77. The van der Waals surface area contributed by atoms with E-state index >= 15 is 0 Å². The first-order valence-corrected chi connectivity index (χ1v) is 7.06. The van der Waals surface area contributed by atoms with Crippen molar-refractivity contribution in [3.05, 3.63) is 23.3 Å². The van der Waals surface area contributed by atoms with Gasteiger partial charge in [-0.1, -0.05) is 0 Å². The SMILES string of the molecule is Cc1nc(C(F)(F)F)ncc1CN(C)C[C@@H]1CCCN1C. The van der Waals surface area contributed by atoms with E-state index in [1.54, 1.807) is 6.92 Å². The zero-order valence-electron chi connectivity index (χ0n) is 12.6. The van der Waals surface area contributed by atoms with Crippen LogP contribution in [0.2, 0.25) is 0 Å². The van der Waals surface area contributed by atoms with E-state index in [2.05, 4.69) is 26.8 Å². The Morgan fingerprint density at radius 1 is 1.43 bits per heavy atom. The second-order valence-corrected chi connectivity index (χ2v) is 5.78. The van der Waals surface area contributed by atoms with Gasteiger partial charge in [0.15, 0.2) is 0 Å². The highest BCUT2D eigenvalue weighted by atomic mass is 19.4. The van der Waals surface area contributed by atoms with Crippen LogP contribution in [-0.2, 0) is 12.7 Å². The lowest BCUT2D eigenvalue weighted by Crippen LogP contribution is -2.36. The summed E-state index contributed by atoms with van der Waals surface area (Å²) >= 11 is 0.